The average Bonchev–Trinajstić information content (AvgIpc) is 2.80. The Morgan fingerprint density at radius 3 is 2.94 bits per heavy atom. The monoisotopic (exact) mass is 295 g/mol. The van der Waals surface area contributed by atoms with Crippen molar-refractivity contribution in [2.45, 2.75) is 13.3 Å². The molecule has 0 amide bonds. The summed E-state index contributed by atoms with van der Waals surface area (Å²) in [5.41, 5.74) is 1.20. The Hall–Kier alpha value is -1.69. The molecular formula is C11H10BrN3O2. The van der Waals surface area contributed by atoms with E-state index in [0.717, 1.165) is 10.2 Å². The van der Waals surface area contributed by atoms with Crippen LogP contribution in [0.1, 0.15) is 23.0 Å². The van der Waals surface area contributed by atoms with Gasteiger partial charge in [0.15, 0.2) is 0 Å². The van der Waals surface area contributed by atoms with Crippen molar-refractivity contribution in [3.63, 3.8) is 0 Å². The van der Waals surface area contributed by atoms with E-state index in [1.165, 1.54) is 6.20 Å². The van der Waals surface area contributed by atoms with Crippen molar-refractivity contribution in [3.8, 4) is 5.88 Å². The highest BCUT2D eigenvalue weighted by atomic mass is 79.9. The lowest BCUT2D eigenvalue weighted by atomic mass is 10.2. The highest BCUT2D eigenvalue weighted by Gasteiger charge is 2.15. The summed E-state index contributed by atoms with van der Waals surface area (Å²) >= 11 is 3.26. The van der Waals surface area contributed by atoms with Gasteiger partial charge in [0.05, 0.1) is 6.20 Å². The van der Waals surface area contributed by atoms with E-state index < -0.39 is 5.97 Å². The van der Waals surface area contributed by atoms with E-state index in [4.69, 9.17) is 4.74 Å². The van der Waals surface area contributed by atoms with Crippen LogP contribution in [0.15, 0.2) is 29.0 Å². The lowest BCUT2D eigenvalue weighted by Gasteiger charge is -2.02. The third-order valence-electron chi connectivity index (χ3n) is 2.19. The molecule has 0 radical (unpaired) electrons. The Bertz CT molecular complexity index is 522. The largest absolute Gasteiger partial charge is 0.404 e. The normalized spacial score (nSPS) is 10.2. The molecule has 88 valence electrons. The fourth-order valence-electron chi connectivity index (χ4n) is 1.33. The number of esters is 1. The maximum absolute atomic E-state index is 11.8. The van der Waals surface area contributed by atoms with E-state index in [2.05, 4.69) is 31.1 Å². The molecule has 17 heavy (non-hydrogen) atoms. The van der Waals surface area contributed by atoms with Crippen LogP contribution in [0.3, 0.4) is 0 Å². The molecule has 0 atom stereocenters. The third-order valence-corrected chi connectivity index (χ3v) is 2.66. The van der Waals surface area contributed by atoms with Crippen molar-refractivity contribution < 1.29 is 9.53 Å². The zero-order valence-corrected chi connectivity index (χ0v) is 10.7. The van der Waals surface area contributed by atoms with E-state index in [1.54, 1.807) is 18.3 Å². The van der Waals surface area contributed by atoms with E-state index >= 15 is 0 Å². The van der Waals surface area contributed by atoms with Gasteiger partial charge in [-0.2, -0.15) is 5.10 Å². The first-order valence-electron chi connectivity index (χ1n) is 5.06. The van der Waals surface area contributed by atoms with Crippen molar-refractivity contribution in [2.75, 3.05) is 0 Å². The van der Waals surface area contributed by atoms with E-state index in [0.29, 0.717) is 12.0 Å². The van der Waals surface area contributed by atoms with Gasteiger partial charge in [0.25, 0.3) is 0 Å². The molecule has 0 unspecified atom stereocenters. The summed E-state index contributed by atoms with van der Waals surface area (Å²) in [5.74, 6) is -0.188. The Kier molecular flexibility index (Phi) is 3.53. The summed E-state index contributed by atoms with van der Waals surface area (Å²) in [6.45, 7) is 1.93. The van der Waals surface area contributed by atoms with Crippen molar-refractivity contribution in [3.05, 3.63) is 40.3 Å². The number of aromatic amines is 1. The van der Waals surface area contributed by atoms with Crippen LogP contribution in [0.5, 0.6) is 5.88 Å². The Morgan fingerprint density at radius 1 is 1.47 bits per heavy atom. The first-order valence-corrected chi connectivity index (χ1v) is 5.86. The minimum Gasteiger partial charge on any atom is -0.404 e. The van der Waals surface area contributed by atoms with Crippen LogP contribution in [-0.2, 0) is 6.42 Å². The highest BCUT2D eigenvalue weighted by Crippen LogP contribution is 2.14. The van der Waals surface area contributed by atoms with Gasteiger partial charge in [-0.1, -0.05) is 6.92 Å². The summed E-state index contributed by atoms with van der Waals surface area (Å²) in [4.78, 5) is 15.8. The summed E-state index contributed by atoms with van der Waals surface area (Å²) < 4.78 is 5.95. The summed E-state index contributed by atoms with van der Waals surface area (Å²) in [6, 6.07) is 3.37. The standard InChI is InChI=1S/C11H10BrN3O2/c1-2-9-8(6-14-15-9)11(16)17-10-4-3-7(12)5-13-10/h3-6H,2H2,1H3,(H,14,15). The van der Waals surface area contributed by atoms with Gasteiger partial charge in [0.1, 0.15) is 5.56 Å². The van der Waals surface area contributed by atoms with Gasteiger partial charge >= 0.3 is 5.97 Å². The molecule has 6 heteroatoms. The van der Waals surface area contributed by atoms with Crippen molar-refractivity contribution in [1.82, 2.24) is 15.2 Å². The number of nitrogens with zero attached hydrogens (tertiary/aromatic N) is 2. The van der Waals surface area contributed by atoms with E-state index in [1.807, 2.05) is 6.92 Å². The number of ether oxygens (including phenoxy) is 1. The lowest BCUT2D eigenvalue weighted by Crippen LogP contribution is -2.10. The molecule has 0 saturated carbocycles. The lowest BCUT2D eigenvalue weighted by molar-refractivity contribution is 0.0726. The summed E-state index contributed by atoms with van der Waals surface area (Å²) in [6.07, 6.45) is 3.72. The molecule has 2 aromatic rings. The van der Waals surface area contributed by atoms with Crippen molar-refractivity contribution in [2.24, 2.45) is 0 Å². The molecule has 0 spiro atoms. The number of pyridine rings is 1. The van der Waals surface area contributed by atoms with Crippen LogP contribution in [0.25, 0.3) is 0 Å². The Labute approximate surface area is 106 Å². The fourth-order valence-corrected chi connectivity index (χ4v) is 1.57. The van der Waals surface area contributed by atoms with Gasteiger partial charge in [-0.25, -0.2) is 9.78 Å². The maximum atomic E-state index is 11.8. The van der Waals surface area contributed by atoms with Crippen LogP contribution >= 0.6 is 15.9 Å². The molecule has 2 rings (SSSR count). The molecule has 0 fully saturated rings. The average molecular weight is 296 g/mol. The number of hydrogen-bond acceptors (Lipinski definition) is 4. The number of rotatable bonds is 3. The number of aromatic nitrogens is 3. The minimum atomic E-state index is -0.453. The molecule has 0 aliphatic rings. The van der Waals surface area contributed by atoms with Crippen LogP contribution in [-0.4, -0.2) is 21.2 Å². The number of H-pyrrole nitrogens is 1. The van der Waals surface area contributed by atoms with Crippen molar-refractivity contribution in [1.29, 1.82) is 0 Å². The molecule has 2 aromatic heterocycles. The SMILES string of the molecule is CCc1[nH]ncc1C(=O)Oc1ccc(Br)cn1. The van der Waals surface area contributed by atoms with Crippen LogP contribution in [0, 0.1) is 0 Å². The molecule has 1 N–H and O–H groups in total. The van der Waals surface area contributed by atoms with Crippen LogP contribution in [0.2, 0.25) is 0 Å². The first kappa shape index (κ1) is 11.8. The van der Waals surface area contributed by atoms with Gasteiger partial charge in [-0.15, -0.1) is 0 Å². The van der Waals surface area contributed by atoms with Gasteiger partial charge < -0.3 is 4.74 Å². The van der Waals surface area contributed by atoms with E-state index in [9.17, 15) is 4.79 Å². The molecule has 0 aromatic carbocycles. The number of halogens is 1. The third kappa shape index (κ3) is 2.71. The van der Waals surface area contributed by atoms with Gasteiger partial charge in [-0.05, 0) is 28.4 Å². The number of carbonyl (C=O) groups excluding carboxylic acids is 1. The minimum absolute atomic E-state index is 0.265. The molecule has 0 aliphatic heterocycles. The maximum Gasteiger partial charge on any atom is 0.348 e. The topological polar surface area (TPSA) is 67.9 Å². The first-order chi connectivity index (χ1) is 8.20. The van der Waals surface area contributed by atoms with E-state index in [-0.39, 0.29) is 5.88 Å². The number of carbonyl (C=O) groups is 1. The van der Waals surface area contributed by atoms with Gasteiger partial charge in [0.2, 0.25) is 5.88 Å². The fraction of sp³-hybridized carbons (Fsp3) is 0.182. The summed E-state index contributed by atoms with van der Waals surface area (Å²) in [7, 11) is 0. The zero-order valence-electron chi connectivity index (χ0n) is 9.11. The molecular weight excluding hydrogens is 286 g/mol. The number of aryl methyl sites for hydroxylation is 1. The summed E-state index contributed by atoms with van der Waals surface area (Å²) in [5, 5.41) is 6.57. The quantitative estimate of drug-likeness (QED) is 0.883. The predicted octanol–water partition coefficient (Wildman–Crippen LogP) is 2.35. The predicted molar refractivity (Wildman–Crippen MR) is 64.9 cm³/mol. The van der Waals surface area contributed by atoms with Gasteiger partial charge in [0, 0.05) is 22.4 Å². The van der Waals surface area contributed by atoms with Gasteiger partial charge in [-0.3, -0.25) is 5.10 Å². The number of nitrogens with one attached hydrogen (secondary N) is 1. The molecule has 0 bridgehead atoms. The molecule has 0 aliphatic carbocycles. The zero-order chi connectivity index (χ0) is 12.3. The molecule has 0 saturated heterocycles. The second-order valence-corrected chi connectivity index (χ2v) is 4.24. The number of hydrogen-bond donors (Lipinski definition) is 1. The highest BCUT2D eigenvalue weighted by molar-refractivity contribution is 9.10. The molecule has 2 heterocycles. The second-order valence-electron chi connectivity index (χ2n) is 3.32. The Morgan fingerprint density at radius 2 is 2.29 bits per heavy atom. The van der Waals surface area contributed by atoms with Crippen LogP contribution < -0.4 is 4.74 Å². The smallest absolute Gasteiger partial charge is 0.348 e. The second kappa shape index (κ2) is 5.09. The Balaban J connectivity index is 2.14. The van der Waals surface area contributed by atoms with Crippen LogP contribution in [0.4, 0.5) is 0 Å². The van der Waals surface area contributed by atoms with Crippen molar-refractivity contribution >= 4 is 21.9 Å². The molecule has 5 nitrogen and oxygen atoms in total.